The summed E-state index contributed by atoms with van der Waals surface area (Å²) in [6.45, 7) is 9.81. The Morgan fingerprint density at radius 1 is 1.26 bits per heavy atom. The van der Waals surface area contributed by atoms with Gasteiger partial charge in [-0.3, -0.25) is 9.69 Å². The molecule has 0 radical (unpaired) electrons. The molecule has 0 aromatic carbocycles. The highest BCUT2D eigenvalue weighted by molar-refractivity contribution is 5.71. The van der Waals surface area contributed by atoms with Gasteiger partial charge in [-0.1, -0.05) is 26.7 Å². The monoisotopic (exact) mass is 269 g/mol. The van der Waals surface area contributed by atoms with Crippen LogP contribution in [0, 0.1) is 11.8 Å². The first-order valence-corrected chi connectivity index (χ1v) is 7.99. The topological polar surface area (TPSA) is 40.5 Å². The molecule has 3 atom stereocenters. The van der Waals surface area contributed by atoms with Crippen LogP contribution in [0.5, 0.6) is 0 Å². The molecule has 0 aromatic heterocycles. The highest BCUT2D eigenvalue weighted by Gasteiger charge is 2.38. The molecule has 0 aromatic rings. The van der Waals surface area contributed by atoms with Gasteiger partial charge in [-0.15, -0.1) is 0 Å². The molecule has 0 aliphatic heterocycles. The van der Waals surface area contributed by atoms with Crippen LogP contribution in [0.15, 0.2) is 0 Å². The van der Waals surface area contributed by atoms with E-state index in [1.165, 1.54) is 12.8 Å². The largest absolute Gasteiger partial charge is 0.481 e. The number of aliphatic carboxylic acids is 1. The van der Waals surface area contributed by atoms with Gasteiger partial charge in [0.1, 0.15) is 0 Å². The first-order chi connectivity index (χ1) is 9.01. The van der Waals surface area contributed by atoms with Crippen LogP contribution < -0.4 is 0 Å². The molecule has 1 rings (SSSR count). The second-order valence-electron chi connectivity index (χ2n) is 6.31. The van der Waals surface area contributed by atoms with E-state index in [-0.39, 0.29) is 12.0 Å². The lowest BCUT2D eigenvalue weighted by Gasteiger charge is -2.43. The number of nitrogens with zero attached hydrogens (tertiary/aromatic N) is 1. The summed E-state index contributed by atoms with van der Waals surface area (Å²) in [5.74, 6) is -0.0348. The number of carbonyl (C=O) groups is 1. The first-order valence-electron chi connectivity index (χ1n) is 7.99. The van der Waals surface area contributed by atoms with Gasteiger partial charge in [0.2, 0.25) is 0 Å². The maximum absolute atomic E-state index is 11.5. The summed E-state index contributed by atoms with van der Waals surface area (Å²) in [6, 6.07) is 0.676. The Bertz CT molecular complexity index is 278. The van der Waals surface area contributed by atoms with Crippen LogP contribution in [-0.2, 0) is 4.79 Å². The van der Waals surface area contributed by atoms with E-state index >= 15 is 0 Å². The lowest BCUT2D eigenvalue weighted by molar-refractivity contribution is -0.146. The minimum atomic E-state index is -0.596. The van der Waals surface area contributed by atoms with Gasteiger partial charge in [-0.05, 0) is 52.0 Å². The average Bonchev–Trinajstić information content (AvgIpc) is 2.35. The van der Waals surface area contributed by atoms with Gasteiger partial charge in [0, 0.05) is 12.1 Å². The third-order valence-corrected chi connectivity index (χ3v) is 4.51. The Kier molecular flexibility index (Phi) is 6.84. The second kappa shape index (κ2) is 7.88. The van der Waals surface area contributed by atoms with Gasteiger partial charge in [0.15, 0.2) is 0 Å². The zero-order valence-corrected chi connectivity index (χ0v) is 13.1. The maximum atomic E-state index is 11.5. The molecule has 1 saturated carbocycles. The van der Waals surface area contributed by atoms with Crippen molar-refractivity contribution in [1.29, 1.82) is 0 Å². The molecule has 0 spiro atoms. The van der Waals surface area contributed by atoms with E-state index in [1.807, 2.05) is 0 Å². The second-order valence-corrected chi connectivity index (χ2v) is 6.31. The Hall–Kier alpha value is -0.570. The van der Waals surface area contributed by atoms with E-state index in [1.54, 1.807) is 0 Å². The number of hydrogen-bond donors (Lipinski definition) is 1. The summed E-state index contributed by atoms with van der Waals surface area (Å²) in [7, 11) is 0. The zero-order chi connectivity index (χ0) is 14.4. The summed E-state index contributed by atoms with van der Waals surface area (Å²) in [4.78, 5) is 14.0. The van der Waals surface area contributed by atoms with E-state index in [4.69, 9.17) is 0 Å². The number of rotatable bonds is 7. The van der Waals surface area contributed by atoms with Crippen molar-refractivity contribution in [2.75, 3.05) is 6.54 Å². The van der Waals surface area contributed by atoms with E-state index < -0.39 is 5.97 Å². The molecule has 0 bridgehead atoms. The maximum Gasteiger partial charge on any atom is 0.308 e. The lowest BCUT2D eigenvalue weighted by Crippen LogP contribution is -2.50. The van der Waals surface area contributed by atoms with Crippen molar-refractivity contribution in [3.63, 3.8) is 0 Å². The van der Waals surface area contributed by atoms with Gasteiger partial charge in [-0.2, -0.15) is 0 Å². The van der Waals surface area contributed by atoms with Crippen molar-refractivity contribution in [3.8, 4) is 0 Å². The summed E-state index contributed by atoms with van der Waals surface area (Å²) in [5, 5.41) is 9.50. The standard InChI is InChI=1S/C16H31NO2/c1-5-7-13-8-9-14(16(18)19)15(11-13)17(10-6-2)12(3)4/h12-15H,5-11H2,1-4H3,(H,18,19). The van der Waals surface area contributed by atoms with Crippen molar-refractivity contribution < 1.29 is 9.90 Å². The number of carboxylic acid groups (broad SMARTS) is 1. The molecule has 1 fully saturated rings. The van der Waals surface area contributed by atoms with E-state index in [9.17, 15) is 9.90 Å². The van der Waals surface area contributed by atoms with Gasteiger partial charge < -0.3 is 5.11 Å². The predicted molar refractivity (Wildman–Crippen MR) is 79.3 cm³/mol. The first kappa shape index (κ1) is 16.5. The molecule has 3 unspecified atom stereocenters. The van der Waals surface area contributed by atoms with E-state index in [0.29, 0.717) is 6.04 Å². The molecule has 19 heavy (non-hydrogen) atoms. The van der Waals surface area contributed by atoms with Crippen molar-refractivity contribution in [2.45, 2.75) is 78.3 Å². The van der Waals surface area contributed by atoms with Crippen LogP contribution in [0.1, 0.15) is 66.2 Å². The number of hydrogen-bond acceptors (Lipinski definition) is 2. The van der Waals surface area contributed by atoms with Gasteiger partial charge in [0.25, 0.3) is 0 Å². The Morgan fingerprint density at radius 3 is 2.42 bits per heavy atom. The molecule has 1 N–H and O–H groups in total. The molecule has 0 saturated heterocycles. The molecular weight excluding hydrogens is 238 g/mol. The molecule has 1 aliphatic rings. The smallest absolute Gasteiger partial charge is 0.308 e. The molecule has 0 heterocycles. The highest BCUT2D eigenvalue weighted by atomic mass is 16.4. The fraction of sp³-hybridized carbons (Fsp3) is 0.938. The van der Waals surface area contributed by atoms with Crippen LogP contribution in [-0.4, -0.2) is 34.6 Å². The Balaban J connectivity index is 2.82. The summed E-state index contributed by atoms with van der Waals surface area (Å²) >= 11 is 0. The molecule has 3 heteroatoms. The van der Waals surface area contributed by atoms with Crippen LogP contribution in [0.3, 0.4) is 0 Å². The third kappa shape index (κ3) is 4.48. The normalized spacial score (nSPS) is 28.0. The SMILES string of the molecule is CCCC1CCC(C(=O)O)C(N(CCC)C(C)C)C1. The van der Waals surface area contributed by atoms with E-state index in [2.05, 4.69) is 32.6 Å². The highest BCUT2D eigenvalue weighted by Crippen LogP contribution is 2.35. The fourth-order valence-electron chi connectivity index (χ4n) is 3.62. The van der Waals surface area contributed by atoms with Crippen molar-refractivity contribution in [1.82, 2.24) is 4.90 Å². The van der Waals surface area contributed by atoms with Crippen LogP contribution in [0.2, 0.25) is 0 Å². The Labute approximate surface area is 118 Å². The van der Waals surface area contributed by atoms with Crippen molar-refractivity contribution >= 4 is 5.97 Å². The van der Waals surface area contributed by atoms with Gasteiger partial charge in [0.05, 0.1) is 5.92 Å². The minimum Gasteiger partial charge on any atom is -0.481 e. The summed E-state index contributed by atoms with van der Waals surface area (Å²) < 4.78 is 0. The summed E-state index contributed by atoms with van der Waals surface area (Å²) in [5.41, 5.74) is 0. The fourth-order valence-corrected chi connectivity index (χ4v) is 3.62. The average molecular weight is 269 g/mol. The molecule has 1 aliphatic carbocycles. The molecule has 0 amide bonds. The van der Waals surface area contributed by atoms with Crippen molar-refractivity contribution in [3.05, 3.63) is 0 Å². The van der Waals surface area contributed by atoms with Crippen LogP contribution in [0.25, 0.3) is 0 Å². The van der Waals surface area contributed by atoms with Gasteiger partial charge in [-0.25, -0.2) is 0 Å². The third-order valence-electron chi connectivity index (χ3n) is 4.51. The van der Waals surface area contributed by atoms with Gasteiger partial charge >= 0.3 is 5.97 Å². The van der Waals surface area contributed by atoms with E-state index in [0.717, 1.165) is 38.1 Å². The quantitative estimate of drug-likeness (QED) is 0.764. The Morgan fingerprint density at radius 2 is 1.95 bits per heavy atom. The van der Waals surface area contributed by atoms with Crippen LogP contribution in [0.4, 0.5) is 0 Å². The predicted octanol–water partition coefficient (Wildman–Crippen LogP) is 3.78. The molecule has 112 valence electrons. The van der Waals surface area contributed by atoms with Crippen LogP contribution >= 0.6 is 0 Å². The molecule has 3 nitrogen and oxygen atoms in total. The molecular formula is C16H31NO2. The van der Waals surface area contributed by atoms with Crippen molar-refractivity contribution in [2.24, 2.45) is 11.8 Å². The minimum absolute atomic E-state index is 0.165. The zero-order valence-electron chi connectivity index (χ0n) is 13.1. The number of carboxylic acids is 1. The lowest BCUT2D eigenvalue weighted by atomic mass is 9.75. The summed E-state index contributed by atoms with van der Waals surface area (Å²) in [6.07, 6.45) is 6.59.